The Labute approximate surface area is 113 Å². The lowest BCUT2D eigenvalue weighted by molar-refractivity contribution is 0.602. The van der Waals surface area contributed by atoms with Crippen LogP contribution in [0.5, 0.6) is 0 Å². The van der Waals surface area contributed by atoms with E-state index in [0.29, 0.717) is 0 Å². The van der Waals surface area contributed by atoms with E-state index in [1.807, 2.05) is 0 Å². The molecule has 88 valence electrons. The van der Waals surface area contributed by atoms with Crippen LogP contribution in [0, 0.1) is 22.7 Å². The van der Waals surface area contributed by atoms with Crippen LogP contribution in [0.2, 0.25) is 15.1 Å². The molecule has 0 spiro atoms. The molecule has 0 aliphatic carbocycles. The van der Waals surface area contributed by atoms with E-state index in [2.05, 4.69) is 0 Å². The first-order chi connectivity index (χ1) is 7.75. The Bertz CT molecular complexity index is 684. The minimum atomic E-state index is -3.75. The highest BCUT2D eigenvalue weighted by Crippen LogP contribution is 2.40. The molecule has 0 heterocycles. The van der Waals surface area contributed by atoms with Crippen molar-refractivity contribution in [2.45, 2.75) is 4.90 Å². The normalized spacial score (nSPS) is 10.7. The first-order valence-corrected chi connectivity index (χ1v) is 6.99. The minimum Gasteiger partial charge on any atom is -0.224 e. The first-order valence-electron chi connectivity index (χ1n) is 3.96. The molecule has 0 atom stereocenters. The maximum Gasteiger partial charge on any atom is 0.178 e. The lowest BCUT2D eigenvalue weighted by Gasteiger charge is -2.10. The Kier molecular flexibility index (Phi) is 3.91. The quantitative estimate of drug-likeness (QED) is 0.747. The number of hydrogen-bond donors (Lipinski definition) is 0. The van der Waals surface area contributed by atoms with Crippen molar-refractivity contribution in [3.63, 3.8) is 0 Å². The van der Waals surface area contributed by atoms with E-state index in [1.165, 1.54) is 0 Å². The molecule has 8 heteroatoms. The molecule has 0 aromatic heterocycles. The van der Waals surface area contributed by atoms with Crippen LogP contribution in [0.15, 0.2) is 4.90 Å². The Morgan fingerprint density at radius 2 is 1.35 bits per heavy atom. The van der Waals surface area contributed by atoms with Crippen molar-refractivity contribution in [3.05, 3.63) is 26.2 Å². The first kappa shape index (κ1) is 14.1. The highest BCUT2D eigenvalue weighted by molar-refractivity contribution is 7.91. The van der Waals surface area contributed by atoms with E-state index < -0.39 is 14.7 Å². The number of hydrogen-bond acceptors (Lipinski definition) is 4. The van der Waals surface area contributed by atoms with Gasteiger partial charge >= 0.3 is 0 Å². The zero-order valence-corrected chi connectivity index (χ0v) is 11.3. The van der Waals surface area contributed by atoms with Crippen LogP contribution >= 0.6 is 34.8 Å². The van der Waals surface area contributed by atoms with Crippen LogP contribution in [0.25, 0.3) is 0 Å². The summed E-state index contributed by atoms with van der Waals surface area (Å²) in [6.07, 6.45) is 0.879. The second-order valence-corrected chi connectivity index (χ2v) is 6.10. The molecule has 0 saturated heterocycles. The zero-order chi connectivity index (χ0) is 13.4. The Morgan fingerprint density at radius 1 is 0.941 bits per heavy atom. The molecule has 1 aromatic carbocycles. The molecule has 17 heavy (non-hydrogen) atoms. The van der Waals surface area contributed by atoms with Gasteiger partial charge in [0.2, 0.25) is 0 Å². The molecule has 0 unspecified atom stereocenters. The fourth-order valence-corrected chi connectivity index (χ4v) is 3.63. The Hall–Kier alpha value is -0.980. The summed E-state index contributed by atoms with van der Waals surface area (Å²) in [5, 5.41) is 16.6. The van der Waals surface area contributed by atoms with Gasteiger partial charge in [-0.2, -0.15) is 10.5 Å². The van der Waals surface area contributed by atoms with Crippen molar-refractivity contribution in [2.24, 2.45) is 0 Å². The third-order valence-electron chi connectivity index (χ3n) is 1.87. The van der Waals surface area contributed by atoms with E-state index >= 15 is 0 Å². The molecule has 0 N–H and O–H groups in total. The molecule has 0 amide bonds. The average molecular weight is 310 g/mol. The van der Waals surface area contributed by atoms with E-state index in [1.54, 1.807) is 12.1 Å². The molecule has 0 aliphatic rings. The van der Waals surface area contributed by atoms with Crippen LogP contribution in [0.1, 0.15) is 11.1 Å². The van der Waals surface area contributed by atoms with Gasteiger partial charge in [-0.25, -0.2) is 8.42 Å². The third-order valence-corrected chi connectivity index (χ3v) is 4.48. The fourth-order valence-electron chi connectivity index (χ4n) is 1.17. The number of nitriles is 2. The van der Waals surface area contributed by atoms with E-state index in [4.69, 9.17) is 45.3 Å². The van der Waals surface area contributed by atoms with E-state index in [0.717, 1.165) is 6.26 Å². The summed E-state index contributed by atoms with van der Waals surface area (Å²) in [7, 11) is -3.75. The van der Waals surface area contributed by atoms with Crippen molar-refractivity contribution in [1.29, 1.82) is 10.5 Å². The van der Waals surface area contributed by atoms with Crippen molar-refractivity contribution in [1.82, 2.24) is 0 Å². The number of sulfone groups is 1. The van der Waals surface area contributed by atoms with Gasteiger partial charge in [0.1, 0.15) is 17.0 Å². The third kappa shape index (κ3) is 2.34. The van der Waals surface area contributed by atoms with E-state index in [-0.39, 0.29) is 26.2 Å². The van der Waals surface area contributed by atoms with Gasteiger partial charge in [-0.1, -0.05) is 34.8 Å². The Balaban J connectivity index is 4.02. The molecule has 0 bridgehead atoms. The predicted octanol–water partition coefficient (Wildman–Crippen LogP) is 2.79. The van der Waals surface area contributed by atoms with Crippen molar-refractivity contribution < 1.29 is 8.42 Å². The second-order valence-electron chi connectivity index (χ2n) is 3.02. The maximum atomic E-state index is 11.5. The number of benzene rings is 1. The standard InChI is InChI=1S/C9H3Cl3N2O2S/c1-17(15,16)9-7(11)5(3-14)4(2-13)6(10)8(9)12/h1H3. The zero-order valence-electron chi connectivity index (χ0n) is 8.25. The summed E-state index contributed by atoms with van der Waals surface area (Å²) in [6.45, 7) is 0. The minimum absolute atomic E-state index is 0.239. The second kappa shape index (κ2) is 4.72. The summed E-state index contributed by atoms with van der Waals surface area (Å²) in [5.41, 5.74) is -0.541. The molecule has 0 saturated carbocycles. The van der Waals surface area contributed by atoms with Gasteiger partial charge in [0.25, 0.3) is 0 Å². The summed E-state index contributed by atoms with van der Waals surface area (Å²) >= 11 is 17.2. The molecule has 1 aromatic rings. The largest absolute Gasteiger partial charge is 0.224 e. The Morgan fingerprint density at radius 3 is 1.71 bits per heavy atom. The number of halogens is 3. The van der Waals surface area contributed by atoms with Crippen LogP contribution < -0.4 is 0 Å². The molecule has 0 fully saturated rings. The smallest absolute Gasteiger partial charge is 0.178 e. The van der Waals surface area contributed by atoms with E-state index in [9.17, 15) is 8.42 Å². The molecule has 1 rings (SSSR count). The summed E-state index contributed by atoms with van der Waals surface area (Å²) in [5.74, 6) is 0. The van der Waals surface area contributed by atoms with Gasteiger partial charge in [-0.3, -0.25) is 0 Å². The molecule has 0 radical (unpaired) electrons. The van der Waals surface area contributed by atoms with Crippen LogP contribution in [0.3, 0.4) is 0 Å². The van der Waals surface area contributed by atoms with Gasteiger partial charge in [-0.05, 0) is 0 Å². The molecular formula is C9H3Cl3N2O2S. The number of nitrogens with zero attached hydrogens (tertiary/aromatic N) is 2. The maximum absolute atomic E-state index is 11.5. The molecule has 0 aliphatic heterocycles. The van der Waals surface area contributed by atoms with Crippen molar-refractivity contribution >= 4 is 44.6 Å². The van der Waals surface area contributed by atoms with Gasteiger partial charge in [0.15, 0.2) is 9.84 Å². The van der Waals surface area contributed by atoms with Gasteiger partial charge in [0, 0.05) is 6.26 Å². The summed E-state index contributed by atoms with van der Waals surface area (Å²) in [4.78, 5) is -0.443. The summed E-state index contributed by atoms with van der Waals surface area (Å²) < 4.78 is 22.9. The van der Waals surface area contributed by atoms with Crippen molar-refractivity contribution in [3.8, 4) is 12.1 Å². The topological polar surface area (TPSA) is 81.7 Å². The van der Waals surface area contributed by atoms with Gasteiger partial charge < -0.3 is 0 Å². The number of rotatable bonds is 1. The van der Waals surface area contributed by atoms with Gasteiger partial charge in [0.05, 0.1) is 26.2 Å². The summed E-state index contributed by atoms with van der Waals surface area (Å²) in [6, 6.07) is 3.29. The van der Waals surface area contributed by atoms with Gasteiger partial charge in [-0.15, -0.1) is 0 Å². The SMILES string of the molecule is CS(=O)(=O)c1c(Cl)c(Cl)c(C#N)c(C#N)c1Cl. The highest BCUT2D eigenvalue weighted by Gasteiger charge is 2.26. The fraction of sp³-hybridized carbons (Fsp3) is 0.111. The van der Waals surface area contributed by atoms with Crippen molar-refractivity contribution in [2.75, 3.05) is 6.26 Å². The lowest BCUT2D eigenvalue weighted by atomic mass is 10.1. The highest BCUT2D eigenvalue weighted by atomic mass is 35.5. The monoisotopic (exact) mass is 308 g/mol. The molecular weight excluding hydrogens is 307 g/mol. The lowest BCUT2D eigenvalue weighted by Crippen LogP contribution is -2.03. The van der Waals surface area contributed by atoms with Crippen LogP contribution in [-0.4, -0.2) is 14.7 Å². The van der Waals surface area contributed by atoms with Crippen LogP contribution in [-0.2, 0) is 9.84 Å². The van der Waals surface area contributed by atoms with Crippen LogP contribution in [0.4, 0.5) is 0 Å². The predicted molar refractivity (Wildman–Crippen MR) is 64.0 cm³/mol. The molecule has 4 nitrogen and oxygen atoms in total. The average Bonchev–Trinajstić information content (AvgIpc) is 2.21.